The minimum atomic E-state index is -1.44. The van der Waals surface area contributed by atoms with E-state index in [4.69, 9.17) is 11.5 Å². The van der Waals surface area contributed by atoms with Gasteiger partial charge >= 0.3 is 0 Å². The third-order valence-corrected chi connectivity index (χ3v) is 3.53. The number of nitrogens with zero attached hydrogens (tertiary/aromatic N) is 2. The molecule has 3 amide bonds. The number of hydrogen-bond donors (Lipinski definition) is 3. The van der Waals surface area contributed by atoms with Gasteiger partial charge in [-0.2, -0.15) is 0 Å². The van der Waals surface area contributed by atoms with Crippen LogP contribution in [0.4, 0.5) is 0 Å². The molecule has 120 valence electrons. The lowest BCUT2D eigenvalue weighted by Gasteiger charge is -2.30. The molecule has 9 nitrogen and oxygen atoms in total. The second kappa shape index (κ2) is 6.83. The van der Waals surface area contributed by atoms with Crippen LogP contribution in [0.1, 0.15) is 36.7 Å². The molecule has 0 bridgehead atoms. The molecule has 0 aliphatic rings. The summed E-state index contributed by atoms with van der Waals surface area (Å²) < 4.78 is 1.48. The molecule has 1 unspecified atom stereocenters. The van der Waals surface area contributed by atoms with E-state index in [0.29, 0.717) is 0 Å². The Morgan fingerprint density at radius 1 is 1.32 bits per heavy atom. The monoisotopic (exact) mass is 309 g/mol. The first-order valence-corrected chi connectivity index (χ1v) is 6.65. The first-order valence-electron chi connectivity index (χ1n) is 6.65. The number of ketones is 1. The van der Waals surface area contributed by atoms with Crippen molar-refractivity contribution in [2.24, 2.45) is 18.5 Å². The average molecular weight is 309 g/mol. The first kappa shape index (κ1) is 17.3. The highest BCUT2D eigenvalue weighted by Gasteiger charge is 2.37. The zero-order valence-corrected chi connectivity index (χ0v) is 12.5. The fourth-order valence-corrected chi connectivity index (χ4v) is 1.99. The van der Waals surface area contributed by atoms with Gasteiger partial charge in [0.2, 0.25) is 11.7 Å². The molecular formula is C13H19N5O4. The van der Waals surface area contributed by atoms with Crippen molar-refractivity contribution in [2.45, 2.75) is 31.7 Å². The molecule has 0 saturated heterocycles. The summed E-state index contributed by atoms with van der Waals surface area (Å²) in [5.74, 6) is -3.25. The molecule has 0 aromatic carbocycles. The molecule has 0 aliphatic carbocycles. The summed E-state index contributed by atoms with van der Waals surface area (Å²) in [5, 5.41) is 2.54. The van der Waals surface area contributed by atoms with Crippen molar-refractivity contribution in [3.63, 3.8) is 0 Å². The highest BCUT2D eigenvalue weighted by molar-refractivity contribution is 6.35. The maximum absolute atomic E-state index is 12.2. The summed E-state index contributed by atoms with van der Waals surface area (Å²) >= 11 is 0. The van der Waals surface area contributed by atoms with Crippen molar-refractivity contribution in [3.8, 4) is 0 Å². The van der Waals surface area contributed by atoms with E-state index in [2.05, 4.69) is 10.3 Å². The summed E-state index contributed by atoms with van der Waals surface area (Å²) in [6.45, 7) is 1.64. The number of Topliss-reactive ketones (excluding diaryl/α,β-unsaturated/α-hetero) is 1. The number of carbonyl (C=O) groups excluding carboxylic acids is 4. The quantitative estimate of drug-likeness (QED) is 0.506. The van der Waals surface area contributed by atoms with Gasteiger partial charge in [-0.15, -0.1) is 0 Å². The van der Waals surface area contributed by atoms with Crippen LogP contribution in [-0.2, 0) is 21.4 Å². The number of aromatic nitrogens is 2. The molecule has 1 heterocycles. The zero-order valence-electron chi connectivity index (χ0n) is 12.5. The molecule has 0 fully saturated rings. The molecule has 0 spiro atoms. The smallest absolute Gasteiger partial charge is 0.284 e. The topological polar surface area (TPSA) is 150 Å². The van der Waals surface area contributed by atoms with Crippen LogP contribution in [0.2, 0.25) is 0 Å². The second-order valence-electron chi connectivity index (χ2n) is 4.93. The predicted molar refractivity (Wildman–Crippen MR) is 76.3 cm³/mol. The number of hydrogen-bond acceptors (Lipinski definition) is 5. The molecule has 9 heteroatoms. The molecule has 5 N–H and O–H groups in total. The van der Waals surface area contributed by atoms with E-state index in [1.165, 1.54) is 17.1 Å². The van der Waals surface area contributed by atoms with Crippen molar-refractivity contribution in [1.29, 1.82) is 0 Å². The van der Waals surface area contributed by atoms with Gasteiger partial charge in [0.25, 0.3) is 11.8 Å². The van der Waals surface area contributed by atoms with Gasteiger partial charge in [-0.05, 0) is 12.8 Å². The Kier molecular flexibility index (Phi) is 5.39. The van der Waals surface area contributed by atoms with Crippen LogP contribution in [-0.4, -0.2) is 38.6 Å². The molecule has 0 aliphatic heterocycles. The number of nitrogens with two attached hydrogens (primary N) is 2. The van der Waals surface area contributed by atoms with Crippen LogP contribution in [0.15, 0.2) is 12.5 Å². The lowest BCUT2D eigenvalue weighted by molar-refractivity contribution is -0.136. The van der Waals surface area contributed by atoms with Gasteiger partial charge in [0.15, 0.2) is 0 Å². The maximum atomic E-state index is 12.2. The molecule has 22 heavy (non-hydrogen) atoms. The van der Waals surface area contributed by atoms with Crippen molar-refractivity contribution in [3.05, 3.63) is 18.2 Å². The summed E-state index contributed by atoms with van der Waals surface area (Å²) in [4.78, 5) is 50.0. The molecule has 0 radical (unpaired) electrons. The SMILES string of the molecule is CCC(CCC(=O)C(N)=O)(NC(=O)c1cncn1C)C(N)=O. The van der Waals surface area contributed by atoms with E-state index in [-0.39, 0.29) is 25.0 Å². The Bertz CT molecular complexity index is 609. The number of imidazole rings is 1. The van der Waals surface area contributed by atoms with E-state index < -0.39 is 29.0 Å². The Balaban J connectivity index is 2.95. The van der Waals surface area contributed by atoms with Crippen LogP contribution in [0, 0.1) is 0 Å². The van der Waals surface area contributed by atoms with Crippen LogP contribution in [0.3, 0.4) is 0 Å². The molecular weight excluding hydrogens is 290 g/mol. The molecule has 1 aromatic rings. The van der Waals surface area contributed by atoms with Crippen molar-refractivity contribution >= 4 is 23.5 Å². The van der Waals surface area contributed by atoms with E-state index in [9.17, 15) is 19.2 Å². The Morgan fingerprint density at radius 3 is 2.36 bits per heavy atom. The molecule has 1 rings (SSSR count). The number of amides is 3. The molecule has 1 atom stereocenters. The van der Waals surface area contributed by atoms with E-state index in [1.807, 2.05) is 0 Å². The van der Waals surface area contributed by atoms with Crippen molar-refractivity contribution < 1.29 is 19.2 Å². The first-order chi connectivity index (χ1) is 10.2. The van der Waals surface area contributed by atoms with Crippen LogP contribution in [0.25, 0.3) is 0 Å². The largest absolute Gasteiger partial charge is 0.368 e. The maximum Gasteiger partial charge on any atom is 0.284 e. The molecule has 0 saturated carbocycles. The van der Waals surface area contributed by atoms with Gasteiger partial charge < -0.3 is 21.4 Å². The normalized spacial score (nSPS) is 13.2. The number of carbonyl (C=O) groups is 4. The zero-order chi connectivity index (χ0) is 16.9. The minimum Gasteiger partial charge on any atom is -0.368 e. The summed E-state index contributed by atoms with van der Waals surface area (Å²) in [7, 11) is 1.62. The van der Waals surface area contributed by atoms with Gasteiger partial charge in [0.1, 0.15) is 11.2 Å². The third-order valence-electron chi connectivity index (χ3n) is 3.53. The Labute approximate surface area is 127 Å². The lowest BCUT2D eigenvalue weighted by atomic mass is 9.88. The van der Waals surface area contributed by atoms with Crippen LogP contribution in [0.5, 0.6) is 0 Å². The number of aryl methyl sites for hydroxylation is 1. The van der Waals surface area contributed by atoms with Crippen LogP contribution < -0.4 is 16.8 Å². The van der Waals surface area contributed by atoms with Gasteiger partial charge in [-0.1, -0.05) is 6.92 Å². The fourth-order valence-electron chi connectivity index (χ4n) is 1.99. The average Bonchev–Trinajstić information content (AvgIpc) is 2.88. The minimum absolute atomic E-state index is 0.107. The Hall–Kier alpha value is -2.71. The van der Waals surface area contributed by atoms with Gasteiger partial charge in [-0.25, -0.2) is 4.98 Å². The number of primary amides is 2. The highest BCUT2D eigenvalue weighted by Crippen LogP contribution is 2.18. The van der Waals surface area contributed by atoms with Crippen LogP contribution >= 0.6 is 0 Å². The summed E-state index contributed by atoms with van der Waals surface area (Å²) in [6, 6.07) is 0. The second-order valence-corrected chi connectivity index (χ2v) is 4.93. The number of rotatable bonds is 8. The lowest BCUT2D eigenvalue weighted by Crippen LogP contribution is -2.57. The third kappa shape index (κ3) is 3.68. The fraction of sp³-hybridized carbons (Fsp3) is 0.462. The van der Waals surface area contributed by atoms with Gasteiger partial charge in [0.05, 0.1) is 12.5 Å². The predicted octanol–water partition coefficient (Wildman–Crippen LogP) is -1.38. The summed E-state index contributed by atoms with van der Waals surface area (Å²) in [5.41, 5.74) is 9.06. The van der Waals surface area contributed by atoms with E-state index in [1.54, 1.807) is 14.0 Å². The number of nitrogens with one attached hydrogen (secondary N) is 1. The van der Waals surface area contributed by atoms with Crippen molar-refractivity contribution in [2.75, 3.05) is 0 Å². The van der Waals surface area contributed by atoms with E-state index >= 15 is 0 Å². The van der Waals surface area contributed by atoms with Gasteiger partial charge in [0, 0.05) is 13.5 Å². The summed E-state index contributed by atoms with van der Waals surface area (Å²) in [6.07, 6.45) is 2.55. The van der Waals surface area contributed by atoms with Gasteiger partial charge in [-0.3, -0.25) is 19.2 Å². The highest BCUT2D eigenvalue weighted by atomic mass is 16.2. The standard InChI is InChI=1S/C13H19N5O4/c1-3-13(12(15)22,5-4-9(19)10(14)20)17-11(21)8-6-16-7-18(8)2/h6-7H,3-5H2,1-2H3,(H2,14,20)(H2,15,22)(H,17,21). The van der Waals surface area contributed by atoms with E-state index in [0.717, 1.165) is 0 Å². The molecule has 1 aromatic heterocycles. The van der Waals surface area contributed by atoms with Crippen molar-refractivity contribution in [1.82, 2.24) is 14.9 Å². The Morgan fingerprint density at radius 2 is 1.95 bits per heavy atom.